The number of alkyl halides is 2. The zero-order chi connectivity index (χ0) is 26.9. The summed E-state index contributed by atoms with van der Waals surface area (Å²) in [5, 5.41) is 3.38. The lowest BCUT2D eigenvalue weighted by Crippen LogP contribution is -2.45. The second-order valence-electron chi connectivity index (χ2n) is 9.70. The van der Waals surface area contributed by atoms with Crippen molar-refractivity contribution in [2.24, 2.45) is 0 Å². The Hall–Kier alpha value is -2.94. The first-order valence-corrected chi connectivity index (χ1v) is 14.1. The number of benzene rings is 1. The molecule has 206 valence electrons. The Bertz CT molecular complexity index is 1370. The van der Waals surface area contributed by atoms with E-state index in [1.807, 2.05) is 4.90 Å². The molecule has 0 bridgehead atoms. The Kier molecular flexibility index (Phi) is 7.75. The van der Waals surface area contributed by atoms with Crippen molar-refractivity contribution in [2.45, 2.75) is 44.2 Å². The van der Waals surface area contributed by atoms with Gasteiger partial charge in [0.25, 0.3) is 16.6 Å². The van der Waals surface area contributed by atoms with Crippen molar-refractivity contribution in [3.63, 3.8) is 0 Å². The predicted octanol–water partition coefficient (Wildman–Crippen LogP) is 2.71. The van der Waals surface area contributed by atoms with Gasteiger partial charge in [-0.1, -0.05) is 12.1 Å². The molecular weight excluding hydrogens is 518 g/mol. The van der Waals surface area contributed by atoms with Gasteiger partial charge in [0.05, 0.1) is 24.2 Å². The van der Waals surface area contributed by atoms with Crippen molar-refractivity contribution in [3.8, 4) is 5.82 Å². The number of fused-ring (bicyclic) bond motifs is 1. The number of halogens is 2. The van der Waals surface area contributed by atoms with E-state index in [2.05, 4.69) is 20.0 Å². The number of aromatic nitrogens is 4. The number of nitrogens with zero attached hydrogens (tertiary/aromatic N) is 6. The maximum absolute atomic E-state index is 14.1. The van der Waals surface area contributed by atoms with Gasteiger partial charge in [-0.3, -0.25) is 4.57 Å². The average Bonchev–Trinajstić information content (AvgIpc) is 3.30. The molecule has 0 amide bonds. The molecule has 38 heavy (non-hydrogen) atoms. The fraction of sp³-hybridized carbons (Fsp3) is 0.542. The second kappa shape index (κ2) is 11.0. The van der Waals surface area contributed by atoms with Crippen LogP contribution in [0, 0.1) is 0 Å². The van der Waals surface area contributed by atoms with Crippen molar-refractivity contribution in [1.82, 2.24) is 28.5 Å². The minimum absolute atomic E-state index is 0.0111. The van der Waals surface area contributed by atoms with Crippen LogP contribution in [0.15, 0.2) is 30.3 Å². The topological polar surface area (TPSA) is 118 Å². The van der Waals surface area contributed by atoms with E-state index in [-0.39, 0.29) is 17.9 Å². The fourth-order valence-electron chi connectivity index (χ4n) is 4.84. The second-order valence-corrected chi connectivity index (χ2v) is 11.6. The molecule has 0 atom stereocenters. The van der Waals surface area contributed by atoms with Gasteiger partial charge in [0.2, 0.25) is 5.95 Å². The van der Waals surface area contributed by atoms with Crippen LogP contribution >= 0.6 is 0 Å². The molecule has 3 heterocycles. The monoisotopic (exact) mass is 550 g/mol. The summed E-state index contributed by atoms with van der Waals surface area (Å²) < 4.78 is 63.3. The smallest absolute Gasteiger partial charge is 0.296 e. The molecule has 3 aromatic rings. The summed E-state index contributed by atoms with van der Waals surface area (Å²) in [6, 6.07) is 8.55. The van der Waals surface area contributed by atoms with Crippen LogP contribution in [0.4, 0.5) is 20.5 Å². The van der Waals surface area contributed by atoms with Crippen LogP contribution in [-0.2, 0) is 14.9 Å². The zero-order valence-electron chi connectivity index (χ0n) is 21.3. The summed E-state index contributed by atoms with van der Waals surface area (Å²) in [7, 11) is -0.510. The Morgan fingerprint density at radius 1 is 1.00 bits per heavy atom. The zero-order valence-corrected chi connectivity index (χ0v) is 22.2. The predicted molar refractivity (Wildman–Crippen MR) is 140 cm³/mol. The van der Waals surface area contributed by atoms with Gasteiger partial charge in [-0.05, 0) is 37.8 Å². The highest BCUT2D eigenvalue weighted by atomic mass is 32.2. The van der Waals surface area contributed by atoms with E-state index in [4.69, 9.17) is 9.72 Å². The van der Waals surface area contributed by atoms with E-state index < -0.39 is 16.6 Å². The Labute approximate surface area is 220 Å². The average molecular weight is 551 g/mol. The molecule has 11 nitrogen and oxygen atoms in total. The van der Waals surface area contributed by atoms with Crippen LogP contribution in [0.5, 0.6) is 0 Å². The molecule has 1 aliphatic heterocycles. The lowest BCUT2D eigenvalue weighted by Gasteiger charge is -2.31. The molecule has 2 aliphatic rings. The van der Waals surface area contributed by atoms with E-state index >= 15 is 0 Å². The van der Waals surface area contributed by atoms with Crippen LogP contribution in [0.1, 0.15) is 37.9 Å². The number of nitrogens with one attached hydrogen (secondary N) is 2. The Morgan fingerprint density at radius 2 is 1.66 bits per heavy atom. The summed E-state index contributed by atoms with van der Waals surface area (Å²) in [4.78, 5) is 15.6. The first-order valence-electron chi connectivity index (χ1n) is 12.7. The molecule has 1 aliphatic carbocycles. The third kappa shape index (κ3) is 5.72. The number of hydrogen-bond acceptors (Lipinski definition) is 8. The molecule has 0 unspecified atom stereocenters. The van der Waals surface area contributed by atoms with E-state index in [1.165, 1.54) is 18.7 Å². The molecule has 5 rings (SSSR count). The van der Waals surface area contributed by atoms with Gasteiger partial charge in [-0.25, -0.2) is 13.8 Å². The van der Waals surface area contributed by atoms with Crippen molar-refractivity contribution in [1.29, 1.82) is 0 Å². The first-order chi connectivity index (χ1) is 18.2. The lowest BCUT2D eigenvalue weighted by molar-refractivity contribution is 0.122. The summed E-state index contributed by atoms with van der Waals surface area (Å²) in [5.74, 6) is 0.878. The highest BCUT2D eigenvalue weighted by Gasteiger charge is 2.27. The number of morpholine rings is 1. The molecular formula is C24H32F2N8O3S. The molecule has 0 spiro atoms. The highest BCUT2D eigenvalue weighted by Crippen LogP contribution is 2.30. The van der Waals surface area contributed by atoms with Crippen molar-refractivity contribution in [3.05, 3.63) is 36.2 Å². The molecule has 1 saturated carbocycles. The largest absolute Gasteiger partial charge is 0.378 e. The Morgan fingerprint density at radius 3 is 2.34 bits per heavy atom. The first kappa shape index (κ1) is 26.7. The minimum atomic E-state index is -3.50. The van der Waals surface area contributed by atoms with Gasteiger partial charge < -0.3 is 15.0 Å². The summed E-state index contributed by atoms with van der Waals surface area (Å²) >= 11 is 0. The van der Waals surface area contributed by atoms with Gasteiger partial charge in [0.1, 0.15) is 11.6 Å². The van der Waals surface area contributed by atoms with Gasteiger partial charge in [-0.2, -0.15) is 27.4 Å². The highest BCUT2D eigenvalue weighted by molar-refractivity contribution is 7.87. The SMILES string of the molecule is CN(C)S(=O)(=O)NC1CCC(Nc2nc(N3CCOCC3)cc(-n3c(C(F)F)nc4ccccc43)n2)CC1. The maximum Gasteiger partial charge on any atom is 0.296 e. The number of anilines is 2. The summed E-state index contributed by atoms with van der Waals surface area (Å²) in [6.45, 7) is 2.34. The van der Waals surface area contributed by atoms with Crippen molar-refractivity contribution < 1.29 is 21.9 Å². The molecule has 2 N–H and O–H groups in total. The number of rotatable bonds is 8. The normalized spacial score (nSPS) is 20.9. The molecule has 2 fully saturated rings. The van der Waals surface area contributed by atoms with Gasteiger partial charge in [-0.15, -0.1) is 0 Å². The summed E-state index contributed by atoms with van der Waals surface area (Å²) in [6.07, 6.45) is -0.0681. The number of imidazole rings is 1. The van der Waals surface area contributed by atoms with Gasteiger partial charge in [0.15, 0.2) is 5.82 Å². The molecule has 1 aromatic carbocycles. The molecule has 14 heteroatoms. The Balaban J connectivity index is 1.43. The van der Waals surface area contributed by atoms with E-state index in [0.717, 1.165) is 4.31 Å². The molecule has 0 radical (unpaired) electrons. The minimum Gasteiger partial charge on any atom is -0.378 e. The van der Waals surface area contributed by atoms with Crippen LogP contribution in [0.25, 0.3) is 16.9 Å². The number of para-hydroxylation sites is 2. The summed E-state index contributed by atoms with van der Waals surface area (Å²) in [5.41, 5.74) is 0.997. The quantitative estimate of drug-likeness (QED) is 0.440. The third-order valence-corrected chi connectivity index (χ3v) is 8.49. The fourth-order valence-corrected chi connectivity index (χ4v) is 5.71. The van der Waals surface area contributed by atoms with E-state index in [9.17, 15) is 17.2 Å². The van der Waals surface area contributed by atoms with Crippen LogP contribution in [0.3, 0.4) is 0 Å². The van der Waals surface area contributed by atoms with Crippen LogP contribution in [-0.4, -0.2) is 84.7 Å². The van der Waals surface area contributed by atoms with Gasteiger partial charge in [0, 0.05) is 45.3 Å². The third-order valence-electron chi connectivity index (χ3n) is 6.90. The number of ether oxygens (including phenoxy) is 1. The molecule has 1 saturated heterocycles. The number of hydrogen-bond donors (Lipinski definition) is 2. The van der Waals surface area contributed by atoms with Gasteiger partial charge >= 0.3 is 0 Å². The maximum atomic E-state index is 14.1. The lowest BCUT2D eigenvalue weighted by atomic mass is 9.92. The molecule has 2 aromatic heterocycles. The van der Waals surface area contributed by atoms with Crippen molar-refractivity contribution >= 4 is 33.0 Å². The van der Waals surface area contributed by atoms with Crippen LogP contribution < -0.4 is 14.9 Å². The van der Waals surface area contributed by atoms with Crippen LogP contribution in [0.2, 0.25) is 0 Å². The van der Waals surface area contributed by atoms with E-state index in [1.54, 1.807) is 30.3 Å². The van der Waals surface area contributed by atoms with Crippen molar-refractivity contribution in [2.75, 3.05) is 50.6 Å². The van der Waals surface area contributed by atoms with E-state index in [0.29, 0.717) is 80.6 Å². The standard InChI is InChI=1S/C24H32F2N8O3S/c1-32(2)38(35,36)31-17-9-7-16(8-10-17)27-24-29-20(33-11-13-37-14-12-33)15-21(30-24)34-19-6-4-3-5-18(19)28-23(34)22(25)26/h3-6,15-17,22,31H,7-14H2,1-2H3,(H,27,29,30).